The molecule has 1 aromatic carbocycles. The second-order valence-corrected chi connectivity index (χ2v) is 7.53. The van der Waals surface area contributed by atoms with Crippen molar-refractivity contribution < 1.29 is 14.0 Å². The minimum Gasteiger partial charge on any atom is -0.496 e. The standard InChI is InChI=1S/C19H20ClFN6O2/c1-10(11-7-14(21)13(20)8-15(11)28-4)23-16-5-6-27-18(24-16)12(9-22-27)17-25-19(2,3)29-26-17/h5-10H,1-4H3,(H,23,24)(H,25,26)/t10-/m0/s1. The number of halogens is 2. The number of fused-ring (bicyclic) bond motifs is 1. The Morgan fingerprint density at radius 3 is 2.86 bits per heavy atom. The minimum atomic E-state index is -0.664. The van der Waals surface area contributed by atoms with Gasteiger partial charge in [0.1, 0.15) is 17.4 Å². The number of hydroxylamine groups is 1. The molecule has 1 atom stereocenters. The van der Waals surface area contributed by atoms with Gasteiger partial charge in [-0.05, 0) is 32.9 Å². The lowest BCUT2D eigenvalue weighted by Crippen LogP contribution is -2.23. The summed E-state index contributed by atoms with van der Waals surface area (Å²) in [6, 6.07) is 4.31. The summed E-state index contributed by atoms with van der Waals surface area (Å²) < 4.78 is 21.0. The van der Waals surface area contributed by atoms with Crippen molar-refractivity contribution in [3.8, 4) is 5.75 Å². The molecule has 2 aromatic heterocycles. The molecule has 0 bridgehead atoms. The highest BCUT2D eigenvalue weighted by Gasteiger charge is 2.28. The van der Waals surface area contributed by atoms with Crippen LogP contribution in [-0.4, -0.2) is 33.3 Å². The number of nitrogens with zero attached hydrogens (tertiary/aromatic N) is 4. The van der Waals surface area contributed by atoms with Gasteiger partial charge in [0, 0.05) is 17.8 Å². The third kappa shape index (κ3) is 3.70. The van der Waals surface area contributed by atoms with Crippen molar-refractivity contribution in [1.29, 1.82) is 0 Å². The Bertz CT molecular complexity index is 1110. The third-order valence-electron chi connectivity index (χ3n) is 4.51. The van der Waals surface area contributed by atoms with Gasteiger partial charge in [-0.25, -0.2) is 29.2 Å². The molecule has 0 amide bonds. The summed E-state index contributed by atoms with van der Waals surface area (Å²) in [6.07, 6.45) is 3.45. The first-order valence-electron chi connectivity index (χ1n) is 8.95. The fraction of sp³-hybridized carbons (Fsp3) is 0.316. The maximum atomic E-state index is 14.0. The van der Waals surface area contributed by atoms with Crippen LogP contribution in [0.25, 0.3) is 5.65 Å². The second kappa shape index (κ2) is 7.16. The summed E-state index contributed by atoms with van der Waals surface area (Å²) in [5.41, 5.74) is 4.09. The second-order valence-electron chi connectivity index (χ2n) is 7.12. The Kier molecular flexibility index (Phi) is 4.79. The highest BCUT2D eigenvalue weighted by atomic mass is 35.5. The summed E-state index contributed by atoms with van der Waals surface area (Å²) >= 11 is 5.86. The molecular weight excluding hydrogens is 399 g/mol. The summed E-state index contributed by atoms with van der Waals surface area (Å²) in [6.45, 7) is 5.58. The fourth-order valence-electron chi connectivity index (χ4n) is 3.08. The Hall–Kier alpha value is -2.91. The van der Waals surface area contributed by atoms with Gasteiger partial charge in [-0.1, -0.05) is 11.6 Å². The van der Waals surface area contributed by atoms with Crippen molar-refractivity contribution in [2.24, 2.45) is 4.99 Å². The van der Waals surface area contributed by atoms with Crippen LogP contribution in [0.1, 0.15) is 37.9 Å². The Balaban J connectivity index is 1.66. The smallest absolute Gasteiger partial charge is 0.182 e. The predicted molar refractivity (Wildman–Crippen MR) is 108 cm³/mol. The van der Waals surface area contributed by atoms with Gasteiger partial charge < -0.3 is 10.1 Å². The molecule has 0 aliphatic carbocycles. The maximum Gasteiger partial charge on any atom is 0.182 e. The van der Waals surface area contributed by atoms with Crippen LogP contribution in [0, 0.1) is 5.82 Å². The predicted octanol–water partition coefficient (Wildman–Crippen LogP) is 3.72. The summed E-state index contributed by atoms with van der Waals surface area (Å²) in [4.78, 5) is 14.6. The van der Waals surface area contributed by atoms with Crippen LogP contribution >= 0.6 is 11.6 Å². The van der Waals surface area contributed by atoms with Crippen LogP contribution in [0.3, 0.4) is 0 Å². The number of ether oxygens (including phenoxy) is 1. The number of benzene rings is 1. The molecule has 10 heteroatoms. The largest absolute Gasteiger partial charge is 0.496 e. The van der Waals surface area contributed by atoms with Crippen molar-refractivity contribution in [2.75, 3.05) is 12.4 Å². The SMILES string of the molecule is COc1cc(Cl)c(F)cc1[C@H](C)Nc1ccn2ncc(C3=NC(C)(C)ON3)c2n1. The molecule has 0 saturated carbocycles. The van der Waals surface area contributed by atoms with Crippen molar-refractivity contribution in [2.45, 2.75) is 32.5 Å². The van der Waals surface area contributed by atoms with Crippen LogP contribution in [0.2, 0.25) is 5.02 Å². The van der Waals surface area contributed by atoms with Crippen LogP contribution in [-0.2, 0) is 4.84 Å². The molecule has 0 unspecified atom stereocenters. The number of hydrogen-bond acceptors (Lipinski definition) is 7. The lowest BCUT2D eigenvalue weighted by Gasteiger charge is -2.18. The van der Waals surface area contributed by atoms with Crippen LogP contribution in [0.15, 0.2) is 35.6 Å². The highest BCUT2D eigenvalue weighted by Crippen LogP contribution is 2.32. The van der Waals surface area contributed by atoms with Gasteiger partial charge in [0.2, 0.25) is 0 Å². The lowest BCUT2D eigenvalue weighted by molar-refractivity contribution is -0.0269. The summed E-state index contributed by atoms with van der Waals surface area (Å²) in [5.74, 6) is 1.13. The first-order valence-corrected chi connectivity index (χ1v) is 9.33. The number of methoxy groups -OCH3 is 1. The fourth-order valence-corrected chi connectivity index (χ4v) is 3.23. The summed E-state index contributed by atoms with van der Waals surface area (Å²) in [7, 11) is 1.52. The minimum absolute atomic E-state index is 0.0104. The van der Waals surface area contributed by atoms with E-state index in [1.165, 1.54) is 19.2 Å². The number of aromatic nitrogens is 3. The van der Waals surface area contributed by atoms with E-state index in [9.17, 15) is 4.39 Å². The molecule has 152 valence electrons. The van der Waals surface area contributed by atoms with E-state index in [0.717, 1.165) is 0 Å². The number of anilines is 1. The van der Waals surface area contributed by atoms with Gasteiger partial charge in [0.25, 0.3) is 0 Å². The van der Waals surface area contributed by atoms with E-state index in [4.69, 9.17) is 21.2 Å². The van der Waals surface area contributed by atoms with Gasteiger partial charge in [0.05, 0.1) is 29.9 Å². The van der Waals surface area contributed by atoms with E-state index in [1.54, 1.807) is 23.0 Å². The average Bonchev–Trinajstić information content (AvgIpc) is 3.25. The zero-order valence-corrected chi connectivity index (χ0v) is 17.1. The molecule has 8 nitrogen and oxygen atoms in total. The van der Waals surface area contributed by atoms with E-state index in [-0.39, 0.29) is 11.1 Å². The van der Waals surface area contributed by atoms with Crippen LogP contribution in [0.4, 0.5) is 10.2 Å². The van der Waals surface area contributed by atoms with Crippen molar-refractivity contribution in [3.05, 3.63) is 52.6 Å². The molecule has 0 radical (unpaired) electrons. The van der Waals surface area contributed by atoms with E-state index in [0.29, 0.717) is 34.2 Å². The zero-order valence-electron chi connectivity index (χ0n) is 16.3. The number of aliphatic imine (C=N–C) groups is 1. The zero-order chi connectivity index (χ0) is 20.8. The number of nitrogens with one attached hydrogen (secondary N) is 2. The Labute approximate surface area is 171 Å². The molecule has 29 heavy (non-hydrogen) atoms. The Morgan fingerprint density at radius 1 is 1.38 bits per heavy atom. The molecular formula is C19H20ClFN6O2. The van der Waals surface area contributed by atoms with Gasteiger partial charge in [-0.3, -0.25) is 0 Å². The monoisotopic (exact) mass is 418 g/mol. The van der Waals surface area contributed by atoms with E-state index in [2.05, 4.69) is 25.9 Å². The van der Waals surface area contributed by atoms with Gasteiger partial charge in [-0.15, -0.1) is 0 Å². The highest BCUT2D eigenvalue weighted by molar-refractivity contribution is 6.30. The first-order chi connectivity index (χ1) is 13.8. The first kappa shape index (κ1) is 19.4. The van der Waals surface area contributed by atoms with E-state index in [1.807, 2.05) is 20.8 Å². The van der Waals surface area contributed by atoms with Gasteiger partial charge in [0.15, 0.2) is 17.2 Å². The molecule has 2 N–H and O–H groups in total. The molecule has 0 spiro atoms. The average molecular weight is 419 g/mol. The molecule has 0 saturated heterocycles. The molecule has 0 fully saturated rings. The van der Waals surface area contributed by atoms with Crippen molar-refractivity contribution >= 4 is 28.9 Å². The molecule has 3 aromatic rings. The molecule has 1 aliphatic rings. The number of amidine groups is 1. The topological polar surface area (TPSA) is 85.1 Å². The van der Waals surface area contributed by atoms with Crippen molar-refractivity contribution in [1.82, 2.24) is 20.1 Å². The molecule has 3 heterocycles. The third-order valence-corrected chi connectivity index (χ3v) is 4.80. The van der Waals surface area contributed by atoms with Gasteiger partial charge >= 0.3 is 0 Å². The van der Waals surface area contributed by atoms with E-state index < -0.39 is 11.5 Å². The number of rotatable bonds is 5. The lowest BCUT2D eigenvalue weighted by atomic mass is 10.1. The Morgan fingerprint density at radius 2 is 2.17 bits per heavy atom. The van der Waals surface area contributed by atoms with Gasteiger partial charge in [-0.2, -0.15) is 5.10 Å². The van der Waals surface area contributed by atoms with E-state index >= 15 is 0 Å². The summed E-state index contributed by atoms with van der Waals surface area (Å²) in [5, 5.41) is 7.58. The van der Waals surface area contributed by atoms with Crippen molar-refractivity contribution in [3.63, 3.8) is 0 Å². The maximum absolute atomic E-state index is 14.0. The van der Waals surface area contributed by atoms with Crippen LogP contribution < -0.4 is 15.5 Å². The number of hydrogen-bond donors (Lipinski definition) is 2. The molecule has 4 rings (SSSR count). The molecule has 1 aliphatic heterocycles. The van der Waals surface area contributed by atoms with Crippen LogP contribution in [0.5, 0.6) is 5.75 Å². The quantitative estimate of drug-likeness (QED) is 0.656. The normalized spacial score (nSPS) is 16.4.